The van der Waals surface area contributed by atoms with E-state index in [4.69, 9.17) is 12.2 Å². The molecule has 2 fully saturated rings. The lowest BCUT2D eigenvalue weighted by Crippen LogP contribution is -2.37. The highest BCUT2D eigenvalue weighted by molar-refractivity contribution is 8.26. The van der Waals surface area contributed by atoms with E-state index in [-0.39, 0.29) is 17.0 Å². The molecule has 1 amide bonds. The van der Waals surface area contributed by atoms with Gasteiger partial charge in [0.15, 0.2) is 0 Å². The van der Waals surface area contributed by atoms with Gasteiger partial charge in [-0.15, -0.1) is 0 Å². The van der Waals surface area contributed by atoms with Crippen LogP contribution in [0.5, 0.6) is 0 Å². The maximum atomic E-state index is 13.0. The molecular weight excluding hydrogens is 404 g/mol. The number of thiocarbonyl (C=S) groups is 1. The average molecular weight is 431 g/mol. The van der Waals surface area contributed by atoms with E-state index in [0.29, 0.717) is 27.9 Å². The van der Waals surface area contributed by atoms with E-state index in [1.54, 1.807) is 16.4 Å². The Kier molecular flexibility index (Phi) is 6.81. The van der Waals surface area contributed by atoms with Gasteiger partial charge in [-0.05, 0) is 51.2 Å². The van der Waals surface area contributed by atoms with Crippen LogP contribution in [0.15, 0.2) is 9.70 Å². The van der Waals surface area contributed by atoms with Gasteiger partial charge in [-0.3, -0.25) is 19.1 Å². The van der Waals surface area contributed by atoms with Crippen molar-refractivity contribution in [3.8, 4) is 6.07 Å². The molecule has 6 nitrogen and oxygen atoms in total. The van der Waals surface area contributed by atoms with E-state index in [9.17, 15) is 14.9 Å². The summed E-state index contributed by atoms with van der Waals surface area (Å²) in [4.78, 5) is 30.2. The smallest absolute Gasteiger partial charge is 0.270 e. The highest BCUT2D eigenvalue weighted by atomic mass is 32.2. The second-order valence-corrected chi connectivity index (χ2v) is 8.96. The van der Waals surface area contributed by atoms with Gasteiger partial charge in [0, 0.05) is 31.7 Å². The first kappa shape index (κ1) is 21.6. The van der Waals surface area contributed by atoms with Gasteiger partial charge in [0.05, 0.1) is 4.91 Å². The number of piperidine rings is 1. The second kappa shape index (κ2) is 9.14. The molecule has 0 unspecified atom stereocenters. The van der Waals surface area contributed by atoms with Crippen LogP contribution >= 0.6 is 24.0 Å². The minimum Gasteiger partial charge on any atom is -0.357 e. The number of rotatable bonds is 5. The fourth-order valence-corrected chi connectivity index (χ4v) is 5.22. The number of carbonyl (C=O) groups is 1. The summed E-state index contributed by atoms with van der Waals surface area (Å²) in [6.45, 7) is 8.51. The van der Waals surface area contributed by atoms with Crippen molar-refractivity contribution in [3.63, 3.8) is 0 Å². The Morgan fingerprint density at radius 1 is 1.21 bits per heavy atom. The zero-order chi connectivity index (χ0) is 21.1. The van der Waals surface area contributed by atoms with E-state index in [2.05, 4.69) is 11.0 Å². The lowest BCUT2D eigenvalue weighted by Gasteiger charge is -2.33. The van der Waals surface area contributed by atoms with Crippen molar-refractivity contribution in [1.82, 2.24) is 9.47 Å². The van der Waals surface area contributed by atoms with E-state index in [1.165, 1.54) is 18.2 Å². The molecule has 0 bridgehead atoms. The fourth-order valence-electron chi connectivity index (χ4n) is 3.93. The number of carbonyl (C=O) groups excluding carboxylic acids is 1. The minimum absolute atomic E-state index is 0.0985. The quantitative estimate of drug-likeness (QED) is 0.525. The van der Waals surface area contributed by atoms with E-state index < -0.39 is 0 Å². The summed E-state index contributed by atoms with van der Waals surface area (Å²) in [6, 6.07) is 2.07. The van der Waals surface area contributed by atoms with Crippen molar-refractivity contribution in [1.29, 1.82) is 5.26 Å². The largest absolute Gasteiger partial charge is 0.357 e. The van der Waals surface area contributed by atoms with Crippen LogP contribution in [0.25, 0.3) is 6.08 Å². The van der Waals surface area contributed by atoms with Crippen molar-refractivity contribution in [2.75, 3.05) is 24.5 Å². The third-order valence-electron chi connectivity index (χ3n) is 5.41. The molecule has 154 valence electrons. The second-order valence-electron chi connectivity index (χ2n) is 7.28. The summed E-state index contributed by atoms with van der Waals surface area (Å²) in [7, 11) is 0. The Labute approximate surface area is 181 Å². The van der Waals surface area contributed by atoms with Crippen molar-refractivity contribution in [2.24, 2.45) is 0 Å². The van der Waals surface area contributed by atoms with Gasteiger partial charge in [-0.1, -0.05) is 30.9 Å². The number of nitrogens with zero attached hydrogens (tertiary/aromatic N) is 4. The zero-order valence-corrected chi connectivity index (χ0v) is 18.8. The van der Waals surface area contributed by atoms with E-state index in [0.717, 1.165) is 43.7 Å². The maximum Gasteiger partial charge on any atom is 0.270 e. The molecule has 2 aliphatic heterocycles. The van der Waals surface area contributed by atoms with Crippen molar-refractivity contribution >= 4 is 46.1 Å². The SMILES string of the molecule is CCCN1C(=O)C(=Cc2c(C)c(C#N)c(=O)n(CC)c2N2CCCCC2)SC1=S. The lowest BCUT2D eigenvalue weighted by molar-refractivity contribution is -0.122. The number of hydrogen-bond donors (Lipinski definition) is 0. The predicted molar refractivity (Wildman–Crippen MR) is 122 cm³/mol. The van der Waals surface area contributed by atoms with E-state index >= 15 is 0 Å². The molecule has 3 heterocycles. The molecule has 0 aromatic carbocycles. The molecule has 1 aromatic rings. The number of pyridine rings is 1. The number of nitriles is 1. The van der Waals surface area contributed by atoms with Gasteiger partial charge < -0.3 is 4.90 Å². The van der Waals surface area contributed by atoms with Gasteiger partial charge in [0.1, 0.15) is 21.8 Å². The summed E-state index contributed by atoms with van der Waals surface area (Å²) in [5.41, 5.74) is 1.29. The summed E-state index contributed by atoms with van der Waals surface area (Å²) >= 11 is 6.69. The van der Waals surface area contributed by atoms with Crippen LogP contribution in [0.1, 0.15) is 56.2 Å². The van der Waals surface area contributed by atoms with Gasteiger partial charge >= 0.3 is 0 Å². The number of anilines is 1. The Balaban J connectivity index is 2.22. The minimum atomic E-state index is -0.260. The Morgan fingerprint density at radius 2 is 1.90 bits per heavy atom. The normalized spacial score (nSPS) is 18.6. The number of thioether (sulfide) groups is 1. The number of hydrogen-bond acceptors (Lipinski definition) is 6. The van der Waals surface area contributed by atoms with Crippen molar-refractivity contribution < 1.29 is 4.79 Å². The molecule has 8 heteroatoms. The van der Waals surface area contributed by atoms with Gasteiger partial charge in [0.25, 0.3) is 11.5 Å². The molecule has 0 spiro atoms. The van der Waals surface area contributed by atoms with Crippen LogP contribution in [0.3, 0.4) is 0 Å². The molecule has 2 aliphatic rings. The third kappa shape index (κ3) is 3.99. The topological polar surface area (TPSA) is 69.3 Å². The Hall–Kier alpha value is -2.11. The lowest BCUT2D eigenvalue weighted by atomic mass is 10.0. The molecule has 3 rings (SSSR count). The first-order chi connectivity index (χ1) is 13.9. The maximum absolute atomic E-state index is 13.0. The van der Waals surface area contributed by atoms with Crippen molar-refractivity contribution in [3.05, 3.63) is 31.9 Å². The third-order valence-corrected chi connectivity index (χ3v) is 6.79. The van der Waals surface area contributed by atoms with Crippen LogP contribution in [-0.4, -0.2) is 39.3 Å². The predicted octanol–water partition coefficient (Wildman–Crippen LogP) is 3.65. The molecular formula is C21H26N4O2S2. The molecule has 0 aliphatic carbocycles. The van der Waals surface area contributed by atoms with Gasteiger partial charge in [-0.2, -0.15) is 5.26 Å². The summed E-state index contributed by atoms with van der Waals surface area (Å²) < 4.78 is 2.24. The highest BCUT2D eigenvalue weighted by Crippen LogP contribution is 2.36. The van der Waals surface area contributed by atoms with Crippen LogP contribution in [0, 0.1) is 18.3 Å². The molecule has 1 aromatic heterocycles. The highest BCUT2D eigenvalue weighted by Gasteiger charge is 2.32. The monoisotopic (exact) mass is 430 g/mol. The van der Waals surface area contributed by atoms with Crippen LogP contribution in [0.4, 0.5) is 5.82 Å². The summed E-state index contributed by atoms with van der Waals surface area (Å²) in [6.07, 6.45) is 5.97. The fraction of sp³-hybridized carbons (Fsp3) is 0.524. The number of amides is 1. The first-order valence-corrected chi connectivity index (χ1v) is 11.3. The number of aromatic nitrogens is 1. The molecule has 0 radical (unpaired) electrons. The zero-order valence-electron chi connectivity index (χ0n) is 17.2. The average Bonchev–Trinajstić information content (AvgIpc) is 2.98. The van der Waals surface area contributed by atoms with Gasteiger partial charge in [0.2, 0.25) is 0 Å². The standard InChI is InChI=1S/C21H26N4O2S2/c1-4-9-25-20(27)17(29-21(25)28)12-15-14(3)16(13-22)19(26)24(5-2)18(15)23-10-7-6-8-11-23/h12H,4-11H2,1-3H3. The molecule has 0 saturated carbocycles. The van der Waals surface area contributed by atoms with Crippen molar-refractivity contribution in [2.45, 2.75) is 53.0 Å². The molecule has 0 N–H and O–H groups in total. The Morgan fingerprint density at radius 3 is 2.48 bits per heavy atom. The Bertz CT molecular complexity index is 968. The molecule has 0 atom stereocenters. The summed E-state index contributed by atoms with van der Waals surface area (Å²) in [5.74, 6) is 0.716. The first-order valence-electron chi connectivity index (χ1n) is 10.1. The van der Waals surface area contributed by atoms with Gasteiger partial charge in [-0.25, -0.2) is 0 Å². The van der Waals surface area contributed by atoms with Crippen LogP contribution in [-0.2, 0) is 11.3 Å². The summed E-state index contributed by atoms with van der Waals surface area (Å²) in [5, 5.41) is 9.61. The van der Waals surface area contributed by atoms with E-state index in [1.807, 2.05) is 19.9 Å². The molecule has 2 saturated heterocycles. The van der Waals surface area contributed by atoms with Crippen LogP contribution < -0.4 is 10.5 Å². The molecule has 29 heavy (non-hydrogen) atoms. The van der Waals surface area contributed by atoms with Crippen LogP contribution in [0.2, 0.25) is 0 Å².